The molecule has 0 aliphatic carbocycles. The number of hydrogen-bond donors (Lipinski definition) is 1. The van der Waals surface area contributed by atoms with E-state index in [0.29, 0.717) is 42.6 Å². The lowest BCUT2D eigenvalue weighted by molar-refractivity contribution is -0.139. The summed E-state index contributed by atoms with van der Waals surface area (Å²) in [6.45, 7) is 9.23. The van der Waals surface area contributed by atoms with E-state index in [-0.39, 0.29) is 36.3 Å². The smallest absolute Gasteiger partial charge is 0.410 e. The molecule has 0 saturated carbocycles. The number of sulfonamides is 1. The van der Waals surface area contributed by atoms with Gasteiger partial charge in [0.1, 0.15) is 17.5 Å². The SMILES string of the molecule is CCOC(=O)CS(=O)(=O)N(C/C=C/c1cccc(C#N)c1)c1cc(C(N)=O)c(OC2CCN(C(=O)OC(C)(C)C)CC2)cc1C. The normalized spacial score (nSPS) is 14.1. The number of carbonyl (C=O) groups is 3. The summed E-state index contributed by atoms with van der Waals surface area (Å²) in [5, 5.41) is 9.18. The third-order valence-corrected chi connectivity index (χ3v) is 8.38. The topological polar surface area (TPSA) is 169 Å². The first-order valence-corrected chi connectivity index (χ1v) is 16.2. The summed E-state index contributed by atoms with van der Waals surface area (Å²) < 4.78 is 44.6. The minimum atomic E-state index is -4.28. The van der Waals surface area contributed by atoms with Crippen LogP contribution in [0.15, 0.2) is 42.5 Å². The predicted octanol–water partition coefficient (Wildman–Crippen LogP) is 4.16. The fourth-order valence-electron chi connectivity index (χ4n) is 4.68. The Morgan fingerprint density at radius 1 is 1.16 bits per heavy atom. The van der Waals surface area contributed by atoms with Crippen molar-refractivity contribution in [1.29, 1.82) is 5.26 Å². The molecule has 2 aromatic carbocycles. The van der Waals surface area contributed by atoms with E-state index in [4.69, 9.17) is 19.9 Å². The van der Waals surface area contributed by atoms with Crippen LogP contribution in [-0.4, -0.2) is 75.0 Å². The molecule has 2 amide bonds. The molecule has 0 radical (unpaired) electrons. The maximum absolute atomic E-state index is 13.5. The van der Waals surface area contributed by atoms with Crippen molar-refractivity contribution >= 4 is 39.8 Å². The first-order chi connectivity index (χ1) is 21.1. The molecule has 0 bridgehead atoms. The number of likely N-dealkylation sites (tertiary alicyclic amines) is 1. The Bertz CT molecular complexity index is 1580. The van der Waals surface area contributed by atoms with E-state index in [1.807, 2.05) is 0 Å². The van der Waals surface area contributed by atoms with Crippen LogP contribution in [0.2, 0.25) is 0 Å². The highest BCUT2D eigenvalue weighted by atomic mass is 32.2. The third-order valence-electron chi connectivity index (χ3n) is 6.76. The Hall–Kier alpha value is -4.57. The molecule has 0 unspecified atom stereocenters. The molecular weight excluding hydrogens is 600 g/mol. The number of rotatable bonds is 11. The van der Waals surface area contributed by atoms with Gasteiger partial charge in [0.15, 0.2) is 5.75 Å². The van der Waals surface area contributed by atoms with Gasteiger partial charge in [0.25, 0.3) is 5.91 Å². The van der Waals surface area contributed by atoms with Gasteiger partial charge in [-0.1, -0.05) is 24.3 Å². The lowest BCUT2D eigenvalue weighted by Crippen LogP contribution is -2.44. The van der Waals surface area contributed by atoms with Gasteiger partial charge in [-0.05, 0) is 70.0 Å². The molecule has 0 atom stereocenters. The highest BCUT2D eigenvalue weighted by Gasteiger charge is 2.31. The van der Waals surface area contributed by atoms with Gasteiger partial charge in [-0.2, -0.15) is 5.26 Å². The van der Waals surface area contributed by atoms with Crippen molar-refractivity contribution in [2.24, 2.45) is 5.73 Å². The molecule has 242 valence electrons. The fraction of sp³-hybridized carbons (Fsp3) is 0.438. The van der Waals surface area contributed by atoms with E-state index in [0.717, 1.165) is 4.31 Å². The number of esters is 1. The Kier molecular flexibility index (Phi) is 11.6. The van der Waals surface area contributed by atoms with E-state index < -0.39 is 39.3 Å². The Morgan fingerprint density at radius 3 is 2.44 bits per heavy atom. The van der Waals surface area contributed by atoms with E-state index in [9.17, 15) is 28.1 Å². The lowest BCUT2D eigenvalue weighted by Gasteiger charge is -2.34. The minimum absolute atomic E-state index is 0.0110. The summed E-state index contributed by atoms with van der Waals surface area (Å²) in [6.07, 6.45) is 3.45. The standard InChI is InChI=1S/C32H40N4O8S/c1-6-42-29(37)21-45(40,41)36(14-8-11-23-9-7-10-24(18-23)20-33)27-19-26(30(34)38)28(17-22(27)2)43-25-12-15-35(16-13-25)31(39)44-32(3,4)5/h7-11,17-19,25H,6,12-16,21H2,1-5H3,(H2,34,38)/b11-8+. The number of nitrogens with zero attached hydrogens (tertiary/aromatic N) is 3. The highest BCUT2D eigenvalue weighted by Crippen LogP contribution is 2.33. The van der Waals surface area contributed by atoms with Crippen molar-refractivity contribution in [3.63, 3.8) is 0 Å². The first kappa shape index (κ1) is 34.9. The summed E-state index contributed by atoms with van der Waals surface area (Å²) in [7, 11) is -4.28. The van der Waals surface area contributed by atoms with Crippen molar-refractivity contribution in [2.45, 2.75) is 59.2 Å². The molecule has 1 aliphatic rings. The van der Waals surface area contributed by atoms with Gasteiger partial charge in [-0.3, -0.25) is 13.9 Å². The van der Waals surface area contributed by atoms with Crippen LogP contribution in [0.25, 0.3) is 6.08 Å². The van der Waals surface area contributed by atoms with Crippen molar-refractivity contribution in [1.82, 2.24) is 4.90 Å². The molecule has 1 fully saturated rings. The van der Waals surface area contributed by atoms with Crippen LogP contribution in [0.1, 0.15) is 67.6 Å². The Balaban J connectivity index is 1.90. The molecule has 2 aromatic rings. The van der Waals surface area contributed by atoms with Crippen LogP contribution < -0.4 is 14.8 Å². The van der Waals surface area contributed by atoms with E-state index >= 15 is 0 Å². The van der Waals surface area contributed by atoms with Gasteiger partial charge in [0, 0.05) is 25.9 Å². The van der Waals surface area contributed by atoms with Gasteiger partial charge < -0.3 is 24.8 Å². The number of amides is 2. The lowest BCUT2D eigenvalue weighted by atomic mass is 10.1. The first-order valence-electron chi connectivity index (χ1n) is 14.5. The number of nitrogens with two attached hydrogens (primary N) is 1. The molecule has 12 nitrogen and oxygen atoms in total. The van der Waals surface area contributed by atoms with Crippen LogP contribution in [-0.2, 0) is 24.3 Å². The maximum atomic E-state index is 13.5. The number of nitriles is 1. The van der Waals surface area contributed by atoms with E-state index in [1.165, 1.54) is 6.07 Å². The molecule has 1 heterocycles. The van der Waals surface area contributed by atoms with E-state index in [1.54, 1.807) is 82.0 Å². The van der Waals surface area contributed by atoms with Crippen molar-refractivity contribution in [2.75, 3.05) is 36.3 Å². The van der Waals surface area contributed by atoms with Gasteiger partial charge in [-0.25, -0.2) is 13.2 Å². The quantitative estimate of drug-likeness (QED) is 0.355. The van der Waals surface area contributed by atoms with Crippen LogP contribution in [0.4, 0.5) is 10.5 Å². The van der Waals surface area contributed by atoms with Gasteiger partial charge in [-0.15, -0.1) is 0 Å². The second-order valence-corrected chi connectivity index (χ2v) is 13.4. The summed E-state index contributed by atoms with van der Waals surface area (Å²) >= 11 is 0. The zero-order chi connectivity index (χ0) is 33.4. The molecule has 3 rings (SSSR count). The number of primary amides is 1. The maximum Gasteiger partial charge on any atom is 0.410 e. The Morgan fingerprint density at radius 2 is 1.84 bits per heavy atom. The average Bonchev–Trinajstić information content (AvgIpc) is 2.95. The largest absolute Gasteiger partial charge is 0.489 e. The zero-order valence-corrected chi connectivity index (χ0v) is 27.1. The summed E-state index contributed by atoms with van der Waals surface area (Å²) in [6, 6.07) is 11.7. The van der Waals surface area contributed by atoms with Crippen molar-refractivity contribution in [3.8, 4) is 11.8 Å². The van der Waals surface area contributed by atoms with Crippen LogP contribution in [0, 0.1) is 18.3 Å². The molecule has 45 heavy (non-hydrogen) atoms. The van der Waals surface area contributed by atoms with Crippen molar-refractivity contribution < 1.29 is 37.0 Å². The number of benzene rings is 2. The number of ether oxygens (including phenoxy) is 3. The summed E-state index contributed by atoms with van der Waals surface area (Å²) in [5.41, 5.74) is 6.77. The summed E-state index contributed by atoms with van der Waals surface area (Å²) in [4.78, 5) is 38.9. The second kappa shape index (κ2) is 14.9. The molecule has 0 aromatic heterocycles. The third kappa shape index (κ3) is 9.97. The molecule has 1 saturated heterocycles. The van der Waals surface area contributed by atoms with Crippen LogP contribution in [0.5, 0.6) is 5.75 Å². The van der Waals surface area contributed by atoms with E-state index in [2.05, 4.69) is 6.07 Å². The average molecular weight is 641 g/mol. The van der Waals surface area contributed by atoms with Gasteiger partial charge >= 0.3 is 12.1 Å². The number of anilines is 1. The molecule has 1 aliphatic heterocycles. The van der Waals surface area contributed by atoms with Crippen LogP contribution in [0.3, 0.4) is 0 Å². The summed E-state index contributed by atoms with van der Waals surface area (Å²) in [5.74, 6) is -2.48. The molecule has 0 spiro atoms. The number of hydrogen-bond acceptors (Lipinski definition) is 9. The number of aryl methyl sites for hydroxylation is 1. The van der Waals surface area contributed by atoms with Gasteiger partial charge in [0.2, 0.25) is 10.0 Å². The molecule has 2 N–H and O–H groups in total. The van der Waals surface area contributed by atoms with Crippen molar-refractivity contribution in [3.05, 3.63) is 64.7 Å². The highest BCUT2D eigenvalue weighted by molar-refractivity contribution is 7.93. The fourth-order valence-corrected chi connectivity index (χ4v) is 6.03. The second-order valence-electron chi connectivity index (χ2n) is 11.5. The predicted molar refractivity (Wildman–Crippen MR) is 169 cm³/mol. The molecule has 13 heteroatoms. The monoisotopic (exact) mass is 640 g/mol. The van der Waals surface area contributed by atoms with Gasteiger partial charge in [0.05, 0.1) is 36.0 Å². The van der Waals surface area contributed by atoms with Crippen LogP contribution >= 0.6 is 0 Å². The number of piperidine rings is 1. The Labute approximate surface area is 264 Å². The molecular formula is C32H40N4O8S. The zero-order valence-electron chi connectivity index (χ0n) is 26.2. The number of carbonyl (C=O) groups excluding carboxylic acids is 3. The minimum Gasteiger partial charge on any atom is -0.489 e.